The van der Waals surface area contributed by atoms with E-state index in [1.54, 1.807) is 13.8 Å². The van der Waals surface area contributed by atoms with Gasteiger partial charge >= 0.3 is 5.97 Å². The number of hydrogen-bond acceptors (Lipinski definition) is 4. The van der Waals surface area contributed by atoms with Gasteiger partial charge in [-0.05, 0) is 13.5 Å². The molecule has 0 aliphatic rings. The second-order valence-electron chi connectivity index (χ2n) is 1.65. The Hall–Kier alpha value is -1.19. The summed E-state index contributed by atoms with van der Waals surface area (Å²) in [5.41, 5.74) is 0. The molecule has 0 rings (SSSR count). The monoisotopic (exact) mass is 191 g/mol. The summed E-state index contributed by atoms with van der Waals surface area (Å²) < 4.78 is 8.93. The fourth-order valence-electron chi connectivity index (χ4n) is 0.464. The summed E-state index contributed by atoms with van der Waals surface area (Å²) in [5, 5.41) is 10.5. The van der Waals surface area contributed by atoms with Gasteiger partial charge in [-0.2, -0.15) is 0 Å². The molecule has 0 unspecified atom stereocenters. The maximum atomic E-state index is 10.5. The van der Waals surface area contributed by atoms with Crippen molar-refractivity contribution in [1.29, 1.82) is 0 Å². The van der Waals surface area contributed by atoms with Crippen LogP contribution >= 0.6 is 0 Å². The van der Waals surface area contributed by atoms with Gasteiger partial charge in [0.15, 0.2) is 0 Å². The highest BCUT2D eigenvalue weighted by atomic mass is 16.6. The van der Waals surface area contributed by atoms with E-state index in [2.05, 4.69) is 9.47 Å². The van der Waals surface area contributed by atoms with Crippen LogP contribution in [0.15, 0.2) is 12.0 Å². The van der Waals surface area contributed by atoms with Crippen molar-refractivity contribution in [2.45, 2.75) is 28.7 Å². The first-order valence-electron chi connectivity index (χ1n) is 3.39. The molecule has 13 heavy (non-hydrogen) atoms. The van der Waals surface area contributed by atoms with Crippen molar-refractivity contribution >= 4 is 5.97 Å². The van der Waals surface area contributed by atoms with Crippen LogP contribution in [0.5, 0.6) is 0 Å². The normalized spacial score (nSPS) is 9.23. The molecule has 0 heterocycles. The van der Waals surface area contributed by atoms with E-state index < -0.39 is 11.9 Å². The van der Waals surface area contributed by atoms with E-state index in [1.165, 1.54) is 0 Å². The lowest BCUT2D eigenvalue weighted by Gasteiger charge is -2.10. The highest BCUT2D eigenvalue weighted by molar-refractivity contribution is 5.81. The average Bonchev–Trinajstić information content (AvgIpc) is 1.87. The number of ether oxygens (including phenoxy) is 2. The molecule has 0 aromatic rings. The molecule has 0 aliphatic heterocycles. The zero-order valence-corrected chi connectivity index (χ0v) is 6.62. The van der Waals surface area contributed by atoms with Crippen molar-refractivity contribution in [3.8, 4) is 0 Å². The van der Waals surface area contributed by atoms with Crippen LogP contribution in [0.25, 0.3) is 0 Å². The van der Waals surface area contributed by atoms with Gasteiger partial charge in [0.25, 0.3) is 0 Å². The third kappa shape index (κ3) is 10.8. The summed E-state index contributed by atoms with van der Waals surface area (Å²) >= 11 is 0. The molecule has 0 spiro atoms. The predicted molar refractivity (Wildman–Crippen MR) is 49.8 cm³/mol. The van der Waals surface area contributed by atoms with Crippen LogP contribution in [0.1, 0.15) is 28.7 Å². The highest BCUT2D eigenvalue weighted by Crippen LogP contribution is 1.88. The Labute approximate surface area is 80.2 Å². The average molecular weight is 191 g/mol. The van der Waals surface area contributed by atoms with Crippen molar-refractivity contribution in [1.82, 2.24) is 0 Å². The van der Waals surface area contributed by atoms with E-state index in [0.717, 1.165) is 6.08 Å². The Bertz CT molecular complexity index is 152. The van der Waals surface area contributed by atoms with Crippen molar-refractivity contribution < 1.29 is 19.4 Å². The Morgan fingerprint density at radius 3 is 2.08 bits per heavy atom. The van der Waals surface area contributed by atoms with Gasteiger partial charge in [-0.15, -0.1) is 0 Å². The zero-order valence-electron chi connectivity index (χ0n) is 6.62. The zero-order chi connectivity index (χ0) is 8.69. The molecule has 0 aromatic carbocycles. The smallest absolute Gasteiger partial charge is 0.332 e. The molecule has 0 saturated carbocycles. The summed E-state index contributed by atoms with van der Waals surface area (Å²) in [5.74, 6) is -1.32. The first kappa shape index (κ1) is 17.8. The van der Waals surface area contributed by atoms with E-state index in [4.69, 9.17) is 0 Å². The van der Waals surface area contributed by atoms with Crippen LogP contribution in [0.4, 0.5) is 0 Å². The summed E-state index contributed by atoms with van der Waals surface area (Å²) in [6.07, 6.45) is 0.785. The van der Waals surface area contributed by atoms with Gasteiger partial charge in [0.2, 0.25) is 0 Å². The van der Waals surface area contributed by atoms with Crippen molar-refractivity contribution in [2.75, 3.05) is 13.2 Å². The molecule has 0 fully saturated rings. The molecule has 0 saturated heterocycles. The van der Waals surface area contributed by atoms with Gasteiger partial charge < -0.3 is 14.6 Å². The molecule has 4 nitrogen and oxygen atoms in total. The quantitative estimate of drug-likeness (QED) is 0.379. The van der Waals surface area contributed by atoms with Crippen LogP contribution in [-0.2, 0) is 14.3 Å². The van der Waals surface area contributed by atoms with Crippen LogP contribution in [-0.4, -0.2) is 19.2 Å². The lowest BCUT2D eigenvalue weighted by atomic mass is 10.6. The summed E-state index contributed by atoms with van der Waals surface area (Å²) in [6, 6.07) is 0. The topological polar surface area (TPSA) is 58.6 Å². The second kappa shape index (κ2) is 10.8. The molecule has 4 heteroatoms. The van der Waals surface area contributed by atoms with Gasteiger partial charge in [-0.25, -0.2) is 4.79 Å². The lowest BCUT2D eigenvalue weighted by Crippen LogP contribution is -2.11. The van der Waals surface area contributed by atoms with Crippen LogP contribution < -0.4 is 5.11 Å². The molecule has 0 amide bonds. The minimum atomic E-state index is -0.661. The van der Waals surface area contributed by atoms with Crippen LogP contribution in [0, 0.1) is 0 Å². The van der Waals surface area contributed by atoms with E-state index in [-0.39, 0.29) is 28.1 Å². The molecule has 0 aromatic heterocycles. The number of rotatable bonds is 4. The highest BCUT2D eigenvalue weighted by Gasteiger charge is 1.93. The van der Waals surface area contributed by atoms with E-state index in [1.807, 2.05) is 0 Å². The largest absolute Gasteiger partial charge is 0.613 e. The first-order chi connectivity index (χ1) is 5.20. The Morgan fingerprint density at radius 2 is 1.69 bits per heavy atom. The van der Waals surface area contributed by atoms with E-state index in [0.29, 0.717) is 0 Å². The molecule has 80 valence electrons. The molecule has 0 radical (unpaired) electrons. The fraction of sp³-hybridized carbons (Fsp3) is 0.667. The number of carbonyl (C=O) groups is 1. The van der Waals surface area contributed by atoms with E-state index >= 15 is 0 Å². The SMILES string of the molecule is C.C.CCOC(=O)C=C([O-])OCC. The minimum Gasteiger partial charge on any atom is -0.613 e. The van der Waals surface area contributed by atoms with Gasteiger partial charge in [0, 0.05) is 6.08 Å². The molecular formula is C9H19O4-. The van der Waals surface area contributed by atoms with Gasteiger partial charge in [0.1, 0.15) is 0 Å². The minimum absolute atomic E-state index is 0. The molecule has 0 aliphatic carbocycles. The Balaban J connectivity index is -0.000000500. The lowest BCUT2D eigenvalue weighted by molar-refractivity contribution is -0.356. The maximum absolute atomic E-state index is 10.5. The fourth-order valence-corrected chi connectivity index (χ4v) is 0.464. The number of hydrogen-bond donors (Lipinski definition) is 0. The molecular weight excluding hydrogens is 172 g/mol. The van der Waals surface area contributed by atoms with Gasteiger partial charge in [-0.1, -0.05) is 21.8 Å². The number of carbonyl (C=O) groups excluding carboxylic acids is 1. The Morgan fingerprint density at radius 1 is 1.23 bits per heavy atom. The van der Waals surface area contributed by atoms with E-state index in [9.17, 15) is 9.90 Å². The Kier molecular flexibility index (Phi) is 14.8. The van der Waals surface area contributed by atoms with Crippen LogP contribution in [0.3, 0.4) is 0 Å². The summed E-state index contributed by atoms with van der Waals surface area (Å²) in [6.45, 7) is 3.84. The number of esters is 1. The van der Waals surface area contributed by atoms with Crippen molar-refractivity contribution in [3.05, 3.63) is 12.0 Å². The molecule has 0 N–H and O–H groups in total. The third-order valence-electron chi connectivity index (χ3n) is 0.809. The molecule has 0 bridgehead atoms. The summed E-state index contributed by atoms with van der Waals surface area (Å²) in [4.78, 5) is 10.5. The van der Waals surface area contributed by atoms with Crippen molar-refractivity contribution in [2.24, 2.45) is 0 Å². The van der Waals surface area contributed by atoms with Crippen molar-refractivity contribution in [3.63, 3.8) is 0 Å². The maximum Gasteiger partial charge on any atom is 0.332 e. The standard InChI is InChI=1S/C7H12O4.2CH4/c1-3-10-6(8)5-7(9)11-4-2;;/h5,8H,3-4H2,1-2H3;2*1H4/p-1. The summed E-state index contributed by atoms with van der Waals surface area (Å²) in [7, 11) is 0. The van der Waals surface area contributed by atoms with Gasteiger partial charge in [-0.3, -0.25) is 0 Å². The first-order valence-corrected chi connectivity index (χ1v) is 3.39. The predicted octanol–water partition coefficient (Wildman–Crippen LogP) is 1.06. The van der Waals surface area contributed by atoms with Crippen LogP contribution in [0.2, 0.25) is 0 Å². The molecule has 0 atom stereocenters. The van der Waals surface area contributed by atoms with Gasteiger partial charge in [0.05, 0.1) is 12.6 Å². The third-order valence-corrected chi connectivity index (χ3v) is 0.809. The second-order valence-corrected chi connectivity index (χ2v) is 1.65.